The first-order chi connectivity index (χ1) is 2.81. The van der Waals surface area contributed by atoms with Crippen molar-refractivity contribution in [3.8, 4) is 0 Å². The molecule has 0 N–H and O–H groups in total. The molecule has 0 saturated heterocycles. The monoisotopic (exact) mass is 106 g/mol. The molecule has 1 unspecified atom stereocenters. The fourth-order valence-corrected chi connectivity index (χ4v) is 0.109. The highest BCUT2D eigenvalue weighted by Crippen LogP contribution is 2.09. The summed E-state index contributed by atoms with van der Waals surface area (Å²) in [5.74, 6) is 0. The van der Waals surface area contributed by atoms with E-state index >= 15 is 0 Å². The van der Waals surface area contributed by atoms with Gasteiger partial charge in [-0.3, -0.25) is 0 Å². The van der Waals surface area contributed by atoms with Gasteiger partial charge in [0.2, 0.25) is 0 Å². The molecule has 0 radical (unpaired) electrons. The number of hydrogen-bond acceptors (Lipinski definition) is 1. The highest BCUT2D eigenvalue weighted by Gasteiger charge is 1.89. The Hall–Kier alpha value is 0.0200. The van der Waals surface area contributed by atoms with Gasteiger partial charge in [0.1, 0.15) is 0 Å². The molecule has 0 amide bonds. The minimum Gasteiger partial charge on any atom is -0.165 e. The lowest BCUT2D eigenvalue weighted by molar-refractivity contribution is 0.921. The van der Waals surface area contributed by atoms with Crippen LogP contribution in [-0.2, 0) is 0 Å². The van der Waals surface area contributed by atoms with Crippen LogP contribution in [0.4, 0.5) is 3.89 Å². The summed E-state index contributed by atoms with van der Waals surface area (Å²) in [5, 5.41) is -0.0509. The third kappa shape index (κ3) is 2.27. The van der Waals surface area contributed by atoms with Crippen molar-refractivity contribution in [2.24, 2.45) is 0 Å². The normalized spacial score (nSPS) is 13.7. The first-order valence-electron chi connectivity index (χ1n) is 1.71. The van der Waals surface area contributed by atoms with Gasteiger partial charge in [0.05, 0.1) is 17.4 Å². The molecule has 0 fully saturated rings. The van der Waals surface area contributed by atoms with Crippen molar-refractivity contribution in [3.63, 3.8) is 0 Å². The van der Waals surface area contributed by atoms with Gasteiger partial charge < -0.3 is 0 Å². The molecule has 1 atom stereocenters. The van der Waals surface area contributed by atoms with E-state index in [-0.39, 0.29) is 5.25 Å². The summed E-state index contributed by atoms with van der Waals surface area (Å²) in [6, 6.07) is 0. The predicted molar refractivity (Wildman–Crippen MR) is 28.4 cm³/mol. The van der Waals surface area contributed by atoms with Gasteiger partial charge in [0, 0.05) is 0 Å². The van der Waals surface area contributed by atoms with Crippen LogP contribution in [0.2, 0.25) is 0 Å². The van der Waals surface area contributed by atoms with Crippen LogP contribution in [-0.4, -0.2) is 5.25 Å². The zero-order chi connectivity index (χ0) is 4.99. The minimum absolute atomic E-state index is 0.0509. The van der Waals surface area contributed by atoms with E-state index in [1.54, 1.807) is 13.0 Å². The summed E-state index contributed by atoms with van der Waals surface area (Å²) in [4.78, 5) is 0. The SMILES string of the molecule is C=CC(C)SF. The summed E-state index contributed by atoms with van der Waals surface area (Å²) in [5.41, 5.74) is 0. The van der Waals surface area contributed by atoms with Crippen molar-refractivity contribution in [2.75, 3.05) is 0 Å². The molecule has 0 saturated carbocycles. The van der Waals surface area contributed by atoms with Gasteiger partial charge in [-0.15, -0.1) is 6.58 Å². The van der Waals surface area contributed by atoms with Gasteiger partial charge in [0.25, 0.3) is 0 Å². The summed E-state index contributed by atoms with van der Waals surface area (Å²) in [6.07, 6.45) is 1.56. The highest BCUT2D eigenvalue weighted by atomic mass is 32.2. The van der Waals surface area contributed by atoms with E-state index in [2.05, 4.69) is 6.58 Å². The van der Waals surface area contributed by atoms with Gasteiger partial charge >= 0.3 is 0 Å². The first-order valence-corrected chi connectivity index (χ1v) is 2.49. The molecule has 0 heterocycles. The molecule has 0 bridgehead atoms. The van der Waals surface area contributed by atoms with E-state index in [0.717, 1.165) is 0 Å². The summed E-state index contributed by atoms with van der Waals surface area (Å²) in [7, 11) is 0. The molecular formula is C4H7FS. The topological polar surface area (TPSA) is 0 Å². The van der Waals surface area contributed by atoms with Gasteiger partial charge in [-0.2, -0.15) is 3.89 Å². The maximum atomic E-state index is 11.2. The van der Waals surface area contributed by atoms with Crippen LogP contribution in [0.3, 0.4) is 0 Å². The predicted octanol–water partition coefficient (Wildman–Crippen LogP) is 2.18. The van der Waals surface area contributed by atoms with Gasteiger partial charge in [0.15, 0.2) is 0 Å². The molecule has 0 aromatic heterocycles. The van der Waals surface area contributed by atoms with Crippen molar-refractivity contribution < 1.29 is 3.89 Å². The van der Waals surface area contributed by atoms with Crippen LogP contribution in [0.5, 0.6) is 0 Å². The van der Waals surface area contributed by atoms with Crippen molar-refractivity contribution in [1.29, 1.82) is 0 Å². The number of halogens is 1. The standard InChI is InChI=1S/C4H7FS/c1-3-4(2)6-5/h3-4H,1H2,2H3. The Bertz CT molecular complexity index is 44.8. The second kappa shape index (κ2) is 3.22. The molecule has 36 valence electrons. The zero-order valence-corrected chi connectivity index (χ0v) is 4.46. The smallest absolute Gasteiger partial charge is 0.0516 e. The van der Waals surface area contributed by atoms with E-state index < -0.39 is 0 Å². The van der Waals surface area contributed by atoms with E-state index in [9.17, 15) is 3.89 Å². The van der Waals surface area contributed by atoms with Crippen molar-refractivity contribution >= 4 is 12.1 Å². The Balaban J connectivity index is 2.96. The second-order valence-corrected chi connectivity index (χ2v) is 1.95. The van der Waals surface area contributed by atoms with Crippen molar-refractivity contribution in [3.05, 3.63) is 12.7 Å². The molecule has 0 aromatic carbocycles. The fourth-order valence-electron chi connectivity index (χ4n) is 0.0364. The molecule has 6 heavy (non-hydrogen) atoms. The molecule has 2 heteroatoms. The minimum atomic E-state index is -0.0509. The van der Waals surface area contributed by atoms with Gasteiger partial charge in [-0.1, -0.05) is 6.08 Å². The number of hydrogen-bond donors (Lipinski definition) is 0. The maximum absolute atomic E-state index is 11.2. The van der Waals surface area contributed by atoms with Crippen LogP contribution >= 0.6 is 12.1 Å². The summed E-state index contributed by atoms with van der Waals surface area (Å²) in [6.45, 7) is 5.12. The molecule has 0 rings (SSSR count). The molecule has 0 spiro atoms. The van der Waals surface area contributed by atoms with Gasteiger partial charge in [-0.25, -0.2) is 0 Å². The van der Waals surface area contributed by atoms with E-state index in [4.69, 9.17) is 0 Å². The Kier molecular flexibility index (Phi) is 3.23. The summed E-state index contributed by atoms with van der Waals surface area (Å²) >= 11 is 0.307. The van der Waals surface area contributed by atoms with E-state index in [1.807, 2.05) is 0 Å². The Morgan fingerprint density at radius 1 is 2.00 bits per heavy atom. The fraction of sp³-hybridized carbons (Fsp3) is 0.500. The molecule has 0 aliphatic carbocycles. The van der Waals surface area contributed by atoms with Crippen LogP contribution < -0.4 is 0 Å². The molecule has 0 aliphatic heterocycles. The highest BCUT2D eigenvalue weighted by molar-refractivity contribution is 7.95. The first kappa shape index (κ1) is 6.02. The third-order valence-corrected chi connectivity index (χ3v) is 0.946. The van der Waals surface area contributed by atoms with Crippen LogP contribution in [0.1, 0.15) is 6.92 Å². The molecule has 0 nitrogen and oxygen atoms in total. The zero-order valence-electron chi connectivity index (χ0n) is 3.65. The van der Waals surface area contributed by atoms with Crippen LogP contribution in [0, 0.1) is 0 Å². The van der Waals surface area contributed by atoms with Gasteiger partial charge in [-0.05, 0) is 6.92 Å². The Labute approximate surface area is 41.7 Å². The quantitative estimate of drug-likeness (QED) is 0.486. The van der Waals surface area contributed by atoms with Crippen molar-refractivity contribution in [2.45, 2.75) is 12.2 Å². The van der Waals surface area contributed by atoms with E-state index in [1.165, 1.54) is 0 Å². The Morgan fingerprint density at radius 2 is 2.50 bits per heavy atom. The maximum Gasteiger partial charge on any atom is 0.0516 e. The Morgan fingerprint density at radius 3 is 2.50 bits per heavy atom. The molecule has 0 aromatic rings. The van der Waals surface area contributed by atoms with Crippen molar-refractivity contribution in [1.82, 2.24) is 0 Å². The third-order valence-electron chi connectivity index (χ3n) is 0.472. The number of rotatable bonds is 2. The average molecular weight is 106 g/mol. The van der Waals surface area contributed by atoms with Crippen LogP contribution in [0.15, 0.2) is 12.7 Å². The van der Waals surface area contributed by atoms with Crippen LogP contribution in [0.25, 0.3) is 0 Å². The second-order valence-electron chi connectivity index (χ2n) is 1.03. The average Bonchev–Trinajstić information content (AvgIpc) is 1.65. The largest absolute Gasteiger partial charge is 0.165 e. The molecule has 0 aliphatic rings. The lowest BCUT2D eigenvalue weighted by atomic mass is 10.5. The van der Waals surface area contributed by atoms with E-state index in [0.29, 0.717) is 12.1 Å². The lowest BCUT2D eigenvalue weighted by Gasteiger charge is -1.88. The lowest BCUT2D eigenvalue weighted by Crippen LogP contribution is -1.80. The summed E-state index contributed by atoms with van der Waals surface area (Å²) < 4.78 is 11.2. The molecular weight excluding hydrogens is 99.1 g/mol.